The Morgan fingerprint density at radius 3 is 2.36 bits per heavy atom. The summed E-state index contributed by atoms with van der Waals surface area (Å²) in [4.78, 5) is 25.0. The molecule has 0 bridgehead atoms. The van der Waals surface area contributed by atoms with Crippen LogP contribution in [0.25, 0.3) is 0 Å². The molecule has 0 aromatic heterocycles. The summed E-state index contributed by atoms with van der Waals surface area (Å²) in [5, 5.41) is 2.68. The van der Waals surface area contributed by atoms with Crippen molar-refractivity contribution in [3.05, 3.63) is 88.9 Å². The number of hydrogen-bond donors (Lipinski definition) is 1. The Kier molecular flexibility index (Phi) is 7.40. The fourth-order valence-corrected chi connectivity index (χ4v) is 4.42. The second-order valence-corrected chi connectivity index (χ2v) is 9.73. The number of nitrogens with one attached hydrogen (secondary N) is 1. The molecule has 0 saturated carbocycles. The number of halogens is 1. The van der Waals surface area contributed by atoms with E-state index in [0.717, 1.165) is 15.9 Å². The average Bonchev–Trinajstić information content (AvgIpc) is 2.79. The maximum absolute atomic E-state index is 13.0. The first-order chi connectivity index (χ1) is 15.6. The van der Waals surface area contributed by atoms with Gasteiger partial charge in [-0.05, 0) is 61.9 Å². The number of carbonyl (C=O) groups excluding carboxylic acids is 2. The number of ether oxygens (including phenoxy) is 1. The van der Waals surface area contributed by atoms with Gasteiger partial charge in [-0.3, -0.25) is 9.10 Å². The van der Waals surface area contributed by atoms with Gasteiger partial charge in [-0.1, -0.05) is 41.9 Å². The summed E-state index contributed by atoms with van der Waals surface area (Å²) in [6.07, 6.45) is -1.14. The van der Waals surface area contributed by atoms with Crippen LogP contribution in [0.3, 0.4) is 0 Å². The highest BCUT2D eigenvalue weighted by Crippen LogP contribution is 2.26. The number of amides is 1. The minimum atomic E-state index is -3.97. The van der Waals surface area contributed by atoms with Crippen LogP contribution in [0.5, 0.6) is 0 Å². The number of sulfonamides is 1. The molecule has 9 heteroatoms. The van der Waals surface area contributed by atoms with E-state index in [1.165, 1.54) is 26.1 Å². The van der Waals surface area contributed by atoms with Crippen molar-refractivity contribution in [2.24, 2.45) is 0 Å². The fourth-order valence-electron chi connectivity index (χ4n) is 3.00. The van der Waals surface area contributed by atoms with Crippen LogP contribution < -0.4 is 9.62 Å². The number of aryl methyl sites for hydroxylation is 1. The van der Waals surface area contributed by atoms with Gasteiger partial charge in [0.2, 0.25) is 0 Å². The first-order valence-corrected chi connectivity index (χ1v) is 11.8. The highest BCUT2D eigenvalue weighted by atomic mass is 35.5. The number of para-hydroxylation sites is 1. The standard InChI is InChI=1S/C24H23ClN2O5S/c1-16-8-7-9-18(14-16)26-23(28)17(2)32-24(29)21-15-20(12-13-22(21)25)33(30,31)27(3)19-10-5-4-6-11-19/h4-15,17H,1-3H3,(H,26,28). The highest BCUT2D eigenvalue weighted by molar-refractivity contribution is 7.92. The maximum Gasteiger partial charge on any atom is 0.340 e. The zero-order valence-electron chi connectivity index (χ0n) is 18.3. The van der Waals surface area contributed by atoms with E-state index >= 15 is 0 Å². The van der Waals surface area contributed by atoms with Gasteiger partial charge in [0.15, 0.2) is 6.10 Å². The summed E-state index contributed by atoms with van der Waals surface area (Å²) in [6.45, 7) is 3.30. The second kappa shape index (κ2) is 10.1. The van der Waals surface area contributed by atoms with Crippen LogP contribution in [-0.4, -0.2) is 33.4 Å². The lowest BCUT2D eigenvalue weighted by Crippen LogP contribution is -2.30. The van der Waals surface area contributed by atoms with Crippen LogP contribution in [0, 0.1) is 6.92 Å². The predicted molar refractivity (Wildman–Crippen MR) is 128 cm³/mol. The molecule has 172 valence electrons. The molecule has 3 rings (SSSR count). The van der Waals surface area contributed by atoms with Gasteiger partial charge in [-0.2, -0.15) is 0 Å². The lowest BCUT2D eigenvalue weighted by Gasteiger charge is -2.20. The van der Waals surface area contributed by atoms with Crippen molar-refractivity contribution in [2.45, 2.75) is 24.8 Å². The van der Waals surface area contributed by atoms with Crippen LogP contribution >= 0.6 is 11.6 Å². The van der Waals surface area contributed by atoms with Crippen molar-refractivity contribution >= 4 is 44.9 Å². The van der Waals surface area contributed by atoms with Crippen LogP contribution in [0.1, 0.15) is 22.8 Å². The van der Waals surface area contributed by atoms with Crippen molar-refractivity contribution in [1.82, 2.24) is 0 Å². The maximum atomic E-state index is 13.0. The number of nitrogens with zero attached hydrogens (tertiary/aromatic N) is 1. The molecule has 0 fully saturated rings. The molecule has 0 saturated heterocycles. The van der Waals surface area contributed by atoms with E-state index < -0.39 is 28.0 Å². The Labute approximate surface area is 198 Å². The predicted octanol–water partition coefficient (Wildman–Crippen LogP) is 4.66. The van der Waals surface area contributed by atoms with Crippen LogP contribution in [0.15, 0.2) is 77.7 Å². The lowest BCUT2D eigenvalue weighted by atomic mass is 10.2. The van der Waals surface area contributed by atoms with Gasteiger partial charge in [0, 0.05) is 12.7 Å². The van der Waals surface area contributed by atoms with Gasteiger partial charge < -0.3 is 10.1 Å². The molecular formula is C24H23ClN2O5S. The van der Waals surface area contributed by atoms with Crippen molar-refractivity contribution < 1.29 is 22.7 Å². The van der Waals surface area contributed by atoms with E-state index in [2.05, 4.69) is 5.32 Å². The van der Waals surface area contributed by atoms with E-state index in [-0.39, 0.29) is 15.5 Å². The summed E-state index contributed by atoms with van der Waals surface area (Å²) in [5.74, 6) is -1.44. The van der Waals surface area contributed by atoms with Gasteiger partial charge in [-0.15, -0.1) is 0 Å². The molecule has 0 aliphatic rings. The SMILES string of the molecule is Cc1cccc(NC(=O)C(C)OC(=O)c2cc(S(=O)(=O)N(C)c3ccccc3)ccc2Cl)c1. The molecule has 7 nitrogen and oxygen atoms in total. The van der Waals surface area contributed by atoms with Crippen molar-refractivity contribution in [3.8, 4) is 0 Å². The molecule has 0 radical (unpaired) electrons. The number of hydrogen-bond acceptors (Lipinski definition) is 5. The Balaban J connectivity index is 1.78. The zero-order valence-corrected chi connectivity index (χ0v) is 19.9. The van der Waals surface area contributed by atoms with E-state index in [1.807, 2.05) is 13.0 Å². The number of carbonyl (C=O) groups is 2. The second-order valence-electron chi connectivity index (χ2n) is 7.36. The monoisotopic (exact) mass is 486 g/mol. The fraction of sp³-hybridized carbons (Fsp3) is 0.167. The van der Waals surface area contributed by atoms with Gasteiger partial charge in [0.25, 0.3) is 15.9 Å². The van der Waals surface area contributed by atoms with Gasteiger partial charge in [0.05, 0.1) is 21.2 Å². The molecule has 1 atom stereocenters. The number of esters is 1. The van der Waals surface area contributed by atoms with Crippen LogP contribution in [0.4, 0.5) is 11.4 Å². The highest BCUT2D eigenvalue weighted by Gasteiger charge is 2.26. The van der Waals surface area contributed by atoms with E-state index in [9.17, 15) is 18.0 Å². The molecule has 3 aromatic carbocycles. The molecule has 1 amide bonds. The van der Waals surface area contributed by atoms with E-state index in [1.54, 1.807) is 48.5 Å². The molecule has 1 N–H and O–H groups in total. The smallest absolute Gasteiger partial charge is 0.340 e. The number of benzene rings is 3. The third-order valence-corrected chi connectivity index (χ3v) is 6.99. The molecule has 3 aromatic rings. The first kappa shape index (κ1) is 24.3. The first-order valence-electron chi connectivity index (χ1n) is 10.0. The minimum absolute atomic E-state index is 0.00704. The third kappa shape index (κ3) is 5.71. The summed E-state index contributed by atoms with van der Waals surface area (Å²) in [6, 6.07) is 19.4. The van der Waals surface area contributed by atoms with Gasteiger partial charge in [0.1, 0.15) is 0 Å². The quantitative estimate of drug-likeness (QED) is 0.490. The van der Waals surface area contributed by atoms with Crippen LogP contribution in [0.2, 0.25) is 5.02 Å². The summed E-state index contributed by atoms with van der Waals surface area (Å²) < 4.78 is 32.4. The largest absolute Gasteiger partial charge is 0.449 e. The minimum Gasteiger partial charge on any atom is -0.449 e. The average molecular weight is 487 g/mol. The zero-order chi connectivity index (χ0) is 24.2. The summed E-state index contributed by atoms with van der Waals surface area (Å²) in [5.41, 5.74) is 1.83. The third-order valence-electron chi connectivity index (χ3n) is 4.87. The van der Waals surface area contributed by atoms with Gasteiger partial charge >= 0.3 is 5.97 Å². The number of rotatable bonds is 7. The van der Waals surface area contributed by atoms with Crippen molar-refractivity contribution in [2.75, 3.05) is 16.7 Å². The summed E-state index contributed by atoms with van der Waals surface area (Å²) in [7, 11) is -2.56. The van der Waals surface area contributed by atoms with Crippen LogP contribution in [-0.2, 0) is 19.6 Å². The number of anilines is 2. The topological polar surface area (TPSA) is 92.8 Å². The normalized spacial score (nSPS) is 12.0. The lowest BCUT2D eigenvalue weighted by molar-refractivity contribution is -0.123. The summed E-state index contributed by atoms with van der Waals surface area (Å²) >= 11 is 6.14. The van der Waals surface area contributed by atoms with Crippen molar-refractivity contribution in [1.29, 1.82) is 0 Å². The Morgan fingerprint density at radius 1 is 1.00 bits per heavy atom. The molecule has 33 heavy (non-hydrogen) atoms. The Morgan fingerprint density at radius 2 is 1.70 bits per heavy atom. The van der Waals surface area contributed by atoms with Crippen molar-refractivity contribution in [3.63, 3.8) is 0 Å². The molecule has 0 aliphatic heterocycles. The molecule has 1 unspecified atom stereocenters. The molecule has 0 heterocycles. The molecular weight excluding hydrogens is 464 g/mol. The van der Waals surface area contributed by atoms with E-state index in [0.29, 0.717) is 11.4 Å². The Bertz CT molecular complexity index is 1280. The Hall–Kier alpha value is -3.36. The molecule has 0 aliphatic carbocycles. The molecule has 0 spiro atoms. The van der Waals surface area contributed by atoms with E-state index in [4.69, 9.17) is 16.3 Å². The van der Waals surface area contributed by atoms with Gasteiger partial charge in [-0.25, -0.2) is 13.2 Å².